The molecule has 1 saturated carbocycles. The first-order chi connectivity index (χ1) is 9.08. The quantitative estimate of drug-likeness (QED) is 0.591. The largest absolute Gasteiger partial charge is 0.468 e. The van der Waals surface area contributed by atoms with Crippen molar-refractivity contribution >= 4 is 11.9 Å². The summed E-state index contributed by atoms with van der Waals surface area (Å²) in [5.74, 6) is 0.168. The van der Waals surface area contributed by atoms with Crippen molar-refractivity contribution in [3.05, 3.63) is 0 Å². The van der Waals surface area contributed by atoms with Gasteiger partial charge >= 0.3 is 5.97 Å². The number of rotatable bonds is 5. The van der Waals surface area contributed by atoms with E-state index in [-0.39, 0.29) is 11.9 Å². The molecule has 19 heavy (non-hydrogen) atoms. The van der Waals surface area contributed by atoms with Crippen LogP contribution in [0.4, 0.5) is 0 Å². The minimum atomic E-state index is -0.860. The zero-order valence-corrected chi connectivity index (χ0v) is 11.9. The van der Waals surface area contributed by atoms with Gasteiger partial charge in [-0.05, 0) is 58.2 Å². The smallest absolute Gasteiger partial charge is 0.321 e. The summed E-state index contributed by atoms with van der Waals surface area (Å²) in [6.07, 6.45) is 4.67. The number of likely N-dealkylation sites (tertiary alicyclic amines) is 1. The molecule has 0 atom stereocenters. The summed E-state index contributed by atoms with van der Waals surface area (Å²) in [5, 5.41) is 2.91. The van der Waals surface area contributed by atoms with Gasteiger partial charge in [0.1, 0.15) is 5.41 Å². The molecule has 1 heterocycles. The van der Waals surface area contributed by atoms with Crippen LogP contribution >= 0.6 is 0 Å². The second kappa shape index (κ2) is 5.90. The number of methoxy groups -OCH3 is 1. The number of nitrogens with zero attached hydrogens (tertiary/aromatic N) is 1. The average molecular weight is 268 g/mol. The Morgan fingerprint density at radius 1 is 1.32 bits per heavy atom. The molecule has 108 valence electrons. The SMILES string of the molecule is COC(=O)C1(C(=O)NCCC2CCN(C)CC2)CC1. The van der Waals surface area contributed by atoms with Gasteiger partial charge in [-0.3, -0.25) is 9.59 Å². The fourth-order valence-corrected chi connectivity index (χ4v) is 2.75. The summed E-state index contributed by atoms with van der Waals surface area (Å²) in [4.78, 5) is 25.9. The number of nitrogens with one attached hydrogen (secondary N) is 1. The van der Waals surface area contributed by atoms with Gasteiger partial charge < -0.3 is 15.0 Å². The molecular weight excluding hydrogens is 244 g/mol. The van der Waals surface area contributed by atoms with Crippen molar-refractivity contribution in [3.8, 4) is 0 Å². The third kappa shape index (κ3) is 3.26. The molecule has 0 aromatic carbocycles. The molecule has 5 nitrogen and oxygen atoms in total. The van der Waals surface area contributed by atoms with Gasteiger partial charge in [0.15, 0.2) is 0 Å². The topological polar surface area (TPSA) is 58.6 Å². The molecule has 1 amide bonds. The van der Waals surface area contributed by atoms with Crippen molar-refractivity contribution in [1.82, 2.24) is 10.2 Å². The van der Waals surface area contributed by atoms with E-state index in [0.29, 0.717) is 25.3 Å². The van der Waals surface area contributed by atoms with Gasteiger partial charge in [-0.15, -0.1) is 0 Å². The highest BCUT2D eigenvalue weighted by molar-refractivity contribution is 6.05. The summed E-state index contributed by atoms with van der Waals surface area (Å²) < 4.78 is 4.70. The first-order valence-electron chi connectivity index (χ1n) is 7.14. The Hall–Kier alpha value is -1.10. The lowest BCUT2D eigenvalue weighted by atomic mass is 9.94. The second-order valence-corrected chi connectivity index (χ2v) is 5.86. The van der Waals surface area contributed by atoms with E-state index in [1.807, 2.05) is 0 Å². The lowest BCUT2D eigenvalue weighted by Crippen LogP contribution is -2.39. The van der Waals surface area contributed by atoms with Crippen LogP contribution in [0.15, 0.2) is 0 Å². The Morgan fingerprint density at radius 2 is 1.95 bits per heavy atom. The van der Waals surface area contributed by atoms with E-state index in [0.717, 1.165) is 19.5 Å². The first-order valence-corrected chi connectivity index (χ1v) is 7.14. The molecule has 2 aliphatic rings. The Bertz CT molecular complexity index is 345. The monoisotopic (exact) mass is 268 g/mol. The van der Waals surface area contributed by atoms with Gasteiger partial charge in [-0.2, -0.15) is 0 Å². The number of hydrogen-bond acceptors (Lipinski definition) is 4. The van der Waals surface area contributed by atoms with Crippen LogP contribution in [-0.2, 0) is 14.3 Å². The predicted molar refractivity (Wildman–Crippen MR) is 71.5 cm³/mol. The molecule has 0 aromatic rings. The van der Waals surface area contributed by atoms with Crippen molar-refractivity contribution in [2.45, 2.75) is 32.1 Å². The zero-order valence-electron chi connectivity index (χ0n) is 11.9. The minimum Gasteiger partial charge on any atom is -0.468 e. The molecule has 1 N–H and O–H groups in total. The Kier molecular flexibility index (Phi) is 4.45. The Labute approximate surface area is 114 Å². The van der Waals surface area contributed by atoms with Crippen molar-refractivity contribution in [2.24, 2.45) is 11.3 Å². The lowest BCUT2D eigenvalue weighted by molar-refractivity contribution is -0.152. The van der Waals surface area contributed by atoms with Gasteiger partial charge in [0, 0.05) is 6.54 Å². The van der Waals surface area contributed by atoms with E-state index < -0.39 is 5.41 Å². The van der Waals surface area contributed by atoms with E-state index in [1.165, 1.54) is 20.0 Å². The number of carbonyl (C=O) groups excluding carboxylic acids is 2. The van der Waals surface area contributed by atoms with E-state index in [9.17, 15) is 9.59 Å². The highest BCUT2D eigenvalue weighted by Crippen LogP contribution is 2.46. The molecule has 5 heteroatoms. The van der Waals surface area contributed by atoms with Crippen LogP contribution in [0, 0.1) is 11.3 Å². The van der Waals surface area contributed by atoms with Crippen LogP contribution in [0.2, 0.25) is 0 Å². The number of amides is 1. The van der Waals surface area contributed by atoms with Crippen LogP contribution in [0.1, 0.15) is 32.1 Å². The molecular formula is C14H24N2O3. The molecule has 2 rings (SSSR count). The second-order valence-electron chi connectivity index (χ2n) is 5.86. The fraction of sp³-hybridized carbons (Fsp3) is 0.857. The van der Waals surface area contributed by atoms with Gasteiger partial charge in [0.2, 0.25) is 5.91 Å². The van der Waals surface area contributed by atoms with Crippen LogP contribution in [-0.4, -0.2) is 50.6 Å². The van der Waals surface area contributed by atoms with Gasteiger partial charge in [-0.1, -0.05) is 0 Å². The summed E-state index contributed by atoms with van der Waals surface area (Å²) >= 11 is 0. The maximum absolute atomic E-state index is 12.0. The molecule has 0 unspecified atom stereocenters. The van der Waals surface area contributed by atoms with Crippen LogP contribution in [0.5, 0.6) is 0 Å². The molecule has 0 aromatic heterocycles. The van der Waals surface area contributed by atoms with Crippen LogP contribution in [0.3, 0.4) is 0 Å². The van der Waals surface area contributed by atoms with E-state index in [4.69, 9.17) is 4.74 Å². The summed E-state index contributed by atoms with van der Waals surface area (Å²) in [7, 11) is 3.49. The summed E-state index contributed by atoms with van der Waals surface area (Å²) in [6.45, 7) is 2.96. The highest BCUT2D eigenvalue weighted by Gasteiger charge is 2.57. The van der Waals surface area contributed by atoms with Gasteiger partial charge in [0.05, 0.1) is 7.11 Å². The molecule has 0 spiro atoms. The standard InChI is InChI=1S/C14H24N2O3/c1-16-9-4-11(5-10-16)3-8-15-12(17)14(6-7-14)13(18)19-2/h11H,3-10H2,1-2H3,(H,15,17). The van der Waals surface area contributed by atoms with Crippen molar-refractivity contribution in [2.75, 3.05) is 33.8 Å². The number of carbonyl (C=O) groups is 2. The maximum Gasteiger partial charge on any atom is 0.321 e. The molecule has 0 bridgehead atoms. The molecule has 1 aliphatic heterocycles. The number of esters is 1. The predicted octanol–water partition coefficient (Wildman–Crippen LogP) is 0.788. The van der Waals surface area contributed by atoms with E-state index in [1.54, 1.807) is 0 Å². The molecule has 2 fully saturated rings. The van der Waals surface area contributed by atoms with Crippen LogP contribution < -0.4 is 5.32 Å². The zero-order chi connectivity index (χ0) is 13.9. The Morgan fingerprint density at radius 3 is 2.47 bits per heavy atom. The van der Waals surface area contributed by atoms with Gasteiger partial charge in [0.25, 0.3) is 0 Å². The van der Waals surface area contributed by atoms with Crippen LogP contribution in [0.25, 0.3) is 0 Å². The molecule has 1 saturated heterocycles. The van der Waals surface area contributed by atoms with E-state index >= 15 is 0 Å². The maximum atomic E-state index is 12.0. The minimum absolute atomic E-state index is 0.146. The third-order valence-corrected chi connectivity index (χ3v) is 4.44. The van der Waals surface area contributed by atoms with Crippen molar-refractivity contribution in [1.29, 1.82) is 0 Å². The summed E-state index contributed by atoms with van der Waals surface area (Å²) in [6, 6.07) is 0. The van der Waals surface area contributed by atoms with Crippen molar-refractivity contribution < 1.29 is 14.3 Å². The van der Waals surface area contributed by atoms with Gasteiger partial charge in [-0.25, -0.2) is 0 Å². The fourth-order valence-electron chi connectivity index (χ4n) is 2.75. The van der Waals surface area contributed by atoms with Crippen molar-refractivity contribution in [3.63, 3.8) is 0 Å². The molecule has 0 radical (unpaired) electrons. The normalized spacial score (nSPS) is 22.8. The molecule has 1 aliphatic carbocycles. The third-order valence-electron chi connectivity index (χ3n) is 4.44. The number of piperidine rings is 1. The summed E-state index contributed by atoms with van der Waals surface area (Å²) in [5.41, 5.74) is -0.860. The average Bonchev–Trinajstić information content (AvgIpc) is 3.21. The highest BCUT2D eigenvalue weighted by atomic mass is 16.5. The lowest BCUT2D eigenvalue weighted by Gasteiger charge is -2.29. The number of hydrogen-bond donors (Lipinski definition) is 1. The Balaban J connectivity index is 1.69. The first kappa shape index (κ1) is 14.3. The van der Waals surface area contributed by atoms with E-state index in [2.05, 4.69) is 17.3 Å². The number of ether oxygens (including phenoxy) is 1.